The molecule has 0 spiro atoms. The molecule has 1 atom stereocenters. The van der Waals surface area contributed by atoms with Crippen LogP contribution in [0.3, 0.4) is 0 Å². The van der Waals surface area contributed by atoms with Crippen molar-refractivity contribution in [3.8, 4) is 0 Å². The van der Waals surface area contributed by atoms with Gasteiger partial charge in [0, 0.05) is 6.42 Å². The Morgan fingerprint density at radius 3 is 2.16 bits per heavy atom. The van der Waals surface area contributed by atoms with Crippen LogP contribution in [0.15, 0.2) is 0 Å². The molecule has 112 valence electrons. The summed E-state index contributed by atoms with van der Waals surface area (Å²) in [5.41, 5.74) is -0.468. The van der Waals surface area contributed by atoms with E-state index in [1.54, 1.807) is 11.9 Å². The average molecular weight is 273 g/mol. The van der Waals surface area contributed by atoms with Crippen molar-refractivity contribution >= 4 is 11.9 Å². The third-order valence-corrected chi connectivity index (χ3v) is 2.67. The minimum atomic E-state index is -0.824. The number of carboxylic acids is 1. The van der Waals surface area contributed by atoms with Crippen molar-refractivity contribution in [3.05, 3.63) is 0 Å². The molecule has 0 amide bonds. The molecule has 0 aromatic heterocycles. The molecule has 1 N–H and O–H groups in total. The fraction of sp³-hybridized carbons (Fsp3) is 0.857. The summed E-state index contributed by atoms with van der Waals surface area (Å²) < 4.78 is 5.20. The Hall–Kier alpha value is -1.10. The van der Waals surface area contributed by atoms with E-state index >= 15 is 0 Å². The average Bonchev–Trinajstić information content (AvgIpc) is 2.12. The van der Waals surface area contributed by atoms with E-state index in [1.165, 1.54) is 0 Å². The largest absolute Gasteiger partial charge is 0.480 e. The molecule has 19 heavy (non-hydrogen) atoms. The lowest BCUT2D eigenvalue weighted by molar-refractivity contribution is -0.155. The standard InChI is InChI=1S/C14H27NO4/c1-10(2)12(13(17)18)15(6)9-7-8-11(16)19-14(3,4)5/h10,12H,7-9H2,1-6H3,(H,17,18)/t12-/m0/s1. The third kappa shape index (κ3) is 7.82. The molecule has 0 aromatic rings. The number of aliphatic carboxylic acids is 1. The van der Waals surface area contributed by atoms with Crippen molar-refractivity contribution in [1.29, 1.82) is 0 Å². The van der Waals surface area contributed by atoms with Crippen LogP contribution in [-0.4, -0.2) is 47.2 Å². The van der Waals surface area contributed by atoms with Gasteiger partial charge in [0.25, 0.3) is 0 Å². The highest BCUT2D eigenvalue weighted by Crippen LogP contribution is 2.12. The van der Waals surface area contributed by atoms with Gasteiger partial charge in [0.1, 0.15) is 11.6 Å². The molecule has 0 saturated carbocycles. The molecule has 0 fully saturated rings. The van der Waals surface area contributed by atoms with Gasteiger partial charge in [-0.1, -0.05) is 13.8 Å². The second kappa shape index (κ2) is 7.48. The smallest absolute Gasteiger partial charge is 0.321 e. The van der Waals surface area contributed by atoms with Gasteiger partial charge in [-0.3, -0.25) is 14.5 Å². The number of hydrogen-bond donors (Lipinski definition) is 1. The van der Waals surface area contributed by atoms with Crippen molar-refractivity contribution in [2.75, 3.05) is 13.6 Å². The first kappa shape index (κ1) is 17.9. The fourth-order valence-corrected chi connectivity index (χ4v) is 1.99. The number of esters is 1. The van der Waals surface area contributed by atoms with Crippen LogP contribution >= 0.6 is 0 Å². The summed E-state index contributed by atoms with van der Waals surface area (Å²) in [4.78, 5) is 24.4. The summed E-state index contributed by atoms with van der Waals surface area (Å²) in [6, 6.07) is -0.515. The van der Waals surface area contributed by atoms with Crippen LogP contribution in [0.5, 0.6) is 0 Å². The zero-order valence-corrected chi connectivity index (χ0v) is 12.9. The van der Waals surface area contributed by atoms with E-state index in [0.29, 0.717) is 19.4 Å². The van der Waals surface area contributed by atoms with Crippen molar-refractivity contribution in [3.63, 3.8) is 0 Å². The molecular weight excluding hydrogens is 246 g/mol. The molecule has 0 unspecified atom stereocenters. The number of ether oxygens (including phenoxy) is 1. The number of carbonyl (C=O) groups is 2. The summed E-state index contributed by atoms with van der Waals surface area (Å²) in [6.07, 6.45) is 0.911. The minimum Gasteiger partial charge on any atom is -0.480 e. The van der Waals surface area contributed by atoms with Crippen LogP contribution in [-0.2, 0) is 14.3 Å². The van der Waals surface area contributed by atoms with Gasteiger partial charge in [0.2, 0.25) is 0 Å². The number of carboxylic acid groups (broad SMARTS) is 1. The lowest BCUT2D eigenvalue weighted by Gasteiger charge is -2.27. The van der Waals surface area contributed by atoms with Gasteiger partial charge in [0.15, 0.2) is 0 Å². The zero-order valence-electron chi connectivity index (χ0n) is 12.9. The molecule has 0 aliphatic heterocycles. The number of likely N-dealkylation sites (N-methyl/N-ethyl adjacent to an activating group) is 1. The van der Waals surface area contributed by atoms with Crippen LogP contribution < -0.4 is 0 Å². The Kier molecular flexibility index (Phi) is 7.05. The van der Waals surface area contributed by atoms with Crippen molar-refractivity contribution in [2.24, 2.45) is 5.92 Å². The molecule has 5 heteroatoms. The molecule has 0 aliphatic carbocycles. The van der Waals surface area contributed by atoms with Gasteiger partial charge in [0.05, 0.1) is 0 Å². The second-order valence-corrected chi connectivity index (χ2v) is 6.20. The Morgan fingerprint density at radius 2 is 1.79 bits per heavy atom. The van der Waals surface area contributed by atoms with Crippen LogP contribution in [0.4, 0.5) is 0 Å². The monoisotopic (exact) mass is 273 g/mol. The van der Waals surface area contributed by atoms with Gasteiger partial charge >= 0.3 is 11.9 Å². The Labute approximate surface area is 115 Å². The van der Waals surface area contributed by atoms with Crippen LogP contribution in [0.1, 0.15) is 47.5 Å². The third-order valence-electron chi connectivity index (χ3n) is 2.67. The van der Waals surface area contributed by atoms with Crippen molar-refractivity contribution in [2.45, 2.75) is 59.1 Å². The predicted octanol–water partition coefficient (Wildman–Crippen LogP) is 2.15. The fourth-order valence-electron chi connectivity index (χ4n) is 1.99. The molecule has 5 nitrogen and oxygen atoms in total. The van der Waals surface area contributed by atoms with Gasteiger partial charge in [-0.05, 0) is 46.7 Å². The van der Waals surface area contributed by atoms with Gasteiger partial charge < -0.3 is 9.84 Å². The first-order valence-electron chi connectivity index (χ1n) is 6.69. The summed E-state index contributed by atoms with van der Waals surface area (Å²) >= 11 is 0. The van der Waals surface area contributed by atoms with E-state index in [-0.39, 0.29) is 11.9 Å². The Balaban J connectivity index is 4.13. The van der Waals surface area contributed by atoms with E-state index in [2.05, 4.69) is 0 Å². The van der Waals surface area contributed by atoms with E-state index in [4.69, 9.17) is 9.84 Å². The highest BCUT2D eigenvalue weighted by molar-refractivity contribution is 5.73. The minimum absolute atomic E-state index is 0.0315. The van der Waals surface area contributed by atoms with Crippen molar-refractivity contribution < 1.29 is 19.4 Å². The maximum Gasteiger partial charge on any atom is 0.321 e. The summed E-state index contributed by atoms with van der Waals surface area (Å²) in [5.74, 6) is -1.03. The normalized spacial score (nSPS) is 13.7. The zero-order chi connectivity index (χ0) is 15.2. The Morgan fingerprint density at radius 1 is 1.26 bits per heavy atom. The molecule has 0 heterocycles. The lowest BCUT2D eigenvalue weighted by Crippen LogP contribution is -2.42. The quantitative estimate of drug-likeness (QED) is 0.720. The van der Waals surface area contributed by atoms with Gasteiger partial charge in [-0.25, -0.2) is 0 Å². The van der Waals surface area contributed by atoms with Crippen molar-refractivity contribution in [1.82, 2.24) is 4.90 Å². The SMILES string of the molecule is CC(C)[C@@H](C(=O)O)N(C)CCCC(=O)OC(C)(C)C. The number of rotatable bonds is 7. The first-order chi connectivity index (χ1) is 8.54. The molecule has 0 bridgehead atoms. The molecule has 0 aliphatic rings. The molecule has 0 rings (SSSR count). The molecule has 0 aromatic carbocycles. The molecular formula is C14H27NO4. The van der Waals surface area contributed by atoms with Crippen LogP contribution in [0.2, 0.25) is 0 Å². The second-order valence-electron chi connectivity index (χ2n) is 6.20. The van der Waals surface area contributed by atoms with Crippen LogP contribution in [0.25, 0.3) is 0 Å². The number of hydrogen-bond acceptors (Lipinski definition) is 4. The van der Waals surface area contributed by atoms with Gasteiger partial charge in [-0.15, -0.1) is 0 Å². The maximum atomic E-state index is 11.5. The number of nitrogens with zero attached hydrogens (tertiary/aromatic N) is 1. The molecule has 0 radical (unpaired) electrons. The van der Waals surface area contributed by atoms with E-state index < -0.39 is 17.6 Å². The van der Waals surface area contributed by atoms with Gasteiger partial charge in [-0.2, -0.15) is 0 Å². The van der Waals surface area contributed by atoms with Crippen LogP contribution in [0, 0.1) is 5.92 Å². The number of carbonyl (C=O) groups excluding carboxylic acids is 1. The predicted molar refractivity (Wildman–Crippen MR) is 74.0 cm³/mol. The maximum absolute atomic E-state index is 11.5. The van der Waals surface area contributed by atoms with E-state index in [0.717, 1.165) is 0 Å². The summed E-state index contributed by atoms with van der Waals surface area (Å²) in [7, 11) is 1.77. The highest BCUT2D eigenvalue weighted by Gasteiger charge is 2.25. The topological polar surface area (TPSA) is 66.8 Å². The molecule has 0 saturated heterocycles. The van der Waals surface area contributed by atoms with E-state index in [1.807, 2.05) is 34.6 Å². The summed E-state index contributed by atoms with van der Waals surface area (Å²) in [5, 5.41) is 9.14. The lowest BCUT2D eigenvalue weighted by atomic mass is 10.0. The first-order valence-corrected chi connectivity index (χ1v) is 6.69. The Bertz CT molecular complexity index is 307. The highest BCUT2D eigenvalue weighted by atomic mass is 16.6. The summed E-state index contributed by atoms with van der Waals surface area (Å²) in [6.45, 7) is 9.81. The van der Waals surface area contributed by atoms with E-state index in [9.17, 15) is 9.59 Å².